The van der Waals surface area contributed by atoms with E-state index in [2.05, 4.69) is 5.32 Å². The summed E-state index contributed by atoms with van der Waals surface area (Å²) < 4.78 is 0. The van der Waals surface area contributed by atoms with Crippen LogP contribution in [-0.2, 0) is 17.6 Å². The van der Waals surface area contributed by atoms with E-state index in [1.54, 1.807) is 0 Å². The Labute approximate surface area is 135 Å². The molecule has 116 valence electrons. The summed E-state index contributed by atoms with van der Waals surface area (Å²) >= 11 is 6.05. The second-order valence-corrected chi connectivity index (χ2v) is 5.65. The van der Waals surface area contributed by atoms with Crippen molar-refractivity contribution in [3.8, 4) is 0 Å². The van der Waals surface area contributed by atoms with Gasteiger partial charge in [-0.15, -0.1) is 0 Å². The van der Waals surface area contributed by atoms with Gasteiger partial charge in [-0.25, -0.2) is 0 Å². The highest BCUT2D eigenvalue weighted by molar-refractivity contribution is 6.31. The number of aryl methyl sites for hydroxylation is 1. The summed E-state index contributed by atoms with van der Waals surface area (Å²) in [5.41, 5.74) is 2.02. The number of carbonyl (C=O) groups is 1. The number of hydrogen-bond acceptors (Lipinski definition) is 2. The van der Waals surface area contributed by atoms with Crippen LogP contribution < -0.4 is 5.32 Å². The van der Waals surface area contributed by atoms with Gasteiger partial charge in [-0.1, -0.05) is 60.1 Å². The Kier molecular flexibility index (Phi) is 6.44. The van der Waals surface area contributed by atoms with Crippen LogP contribution in [0.15, 0.2) is 54.6 Å². The molecule has 22 heavy (non-hydrogen) atoms. The van der Waals surface area contributed by atoms with E-state index >= 15 is 0 Å². The summed E-state index contributed by atoms with van der Waals surface area (Å²) in [4.78, 5) is 11.8. The number of nitrogens with one attached hydrogen (secondary N) is 1. The molecule has 0 spiro atoms. The highest BCUT2D eigenvalue weighted by Crippen LogP contribution is 2.16. The van der Waals surface area contributed by atoms with Gasteiger partial charge >= 0.3 is 0 Å². The maximum absolute atomic E-state index is 11.8. The third kappa shape index (κ3) is 5.51. The second-order valence-electron chi connectivity index (χ2n) is 5.24. The van der Waals surface area contributed by atoms with E-state index in [1.165, 1.54) is 0 Å². The number of aliphatic hydroxyl groups is 1. The SMILES string of the molecule is O=C(CCc1ccccc1Cl)NCC(O)Cc1ccccc1. The number of amides is 1. The molecule has 0 fully saturated rings. The average molecular weight is 318 g/mol. The first-order valence-electron chi connectivity index (χ1n) is 7.37. The first kappa shape index (κ1) is 16.5. The van der Waals surface area contributed by atoms with Crippen LogP contribution in [0.25, 0.3) is 0 Å². The molecule has 0 bridgehead atoms. The highest BCUT2D eigenvalue weighted by Gasteiger charge is 2.09. The van der Waals surface area contributed by atoms with E-state index in [4.69, 9.17) is 11.6 Å². The average Bonchev–Trinajstić information content (AvgIpc) is 2.53. The predicted molar refractivity (Wildman–Crippen MR) is 88.9 cm³/mol. The Morgan fingerprint density at radius 2 is 1.77 bits per heavy atom. The lowest BCUT2D eigenvalue weighted by molar-refractivity contribution is -0.121. The van der Waals surface area contributed by atoms with Gasteiger partial charge in [-0.2, -0.15) is 0 Å². The van der Waals surface area contributed by atoms with Crippen molar-refractivity contribution >= 4 is 17.5 Å². The third-order valence-electron chi connectivity index (χ3n) is 3.43. The summed E-state index contributed by atoms with van der Waals surface area (Å²) in [7, 11) is 0. The van der Waals surface area contributed by atoms with Crippen molar-refractivity contribution in [2.45, 2.75) is 25.4 Å². The van der Waals surface area contributed by atoms with Gasteiger partial charge in [0.1, 0.15) is 0 Å². The van der Waals surface area contributed by atoms with E-state index in [-0.39, 0.29) is 12.5 Å². The maximum atomic E-state index is 11.8. The Bertz CT molecular complexity index is 601. The number of carbonyl (C=O) groups excluding carboxylic acids is 1. The summed E-state index contributed by atoms with van der Waals surface area (Å²) in [5, 5.41) is 13.4. The molecule has 0 saturated carbocycles. The molecule has 1 atom stereocenters. The van der Waals surface area contributed by atoms with E-state index in [0.717, 1.165) is 11.1 Å². The summed E-state index contributed by atoms with van der Waals surface area (Å²) in [5.74, 6) is -0.0768. The van der Waals surface area contributed by atoms with Crippen molar-refractivity contribution in [2.75, 3.05) is 6.54 Å². The van der Waals surface area contributed by atoms with Crippen molar-refractivity contribution in [3.05, 3.63) is 70.7 Å². The smallest absolute Gasteiger partial charge is 0.220 e. The Hall–Kier alpha value is -1.84. The van der Waals surface area contributed by atoms with Gasteiger partial charge in [-0.05, 0) is 23.6 Å². The molecule has 0 radical (unpaired) electrons. The molecular formula is C18H20ClNO2. The molecule has 0 saturated heterocycles. The fourth-order valence-corrected chi connectivity index (χ4v) is 2.46. The minimum absolute atomic E-state index is 0.0768. The first-order valence-corrected chi connectivity index (χ1v) is 7.75. The van der Waals surface area contributed by atoms with Crippen LogP contribution in [0.2, 0.25) is 5.02 Å². The third-order valence-corrected chi connectivity index (χ3v) is 3.80. The summed E-state index contributed by atoms with van der Waals surface area (Å²) in [6.07, 6.45) is 0.917. The lowest BCUT2D eigenvalue weighted by atomic mass is 10.1. The molecular weight excluding hydrogens is 298 g/mol. The zero-order chi connectivity index (χ0) is 15.8. The van der Waals surface area contributed by atoms with E-state index in [9.17, 15) is 9.90 Å². The number of hydrogen-bond donors (Lipinski definition) is 2. The summed E-state index contributed by atoms with van der Waals surface area (Å²) in [6, 6.07) is 17.2. The monoisotopic (exact) mass is 317 g/mol. The number of benzene rings is 2. The van der Waals surface area contributed by atoms with Gasteiger partial charge in [0.05, 0.1) is 6.10 Å². The van der Waals surface area contributed by atoms with Gasteiger partial charge < -0.3 is 10.4 Å². The van der Waals surface area contributed by atoms with Crippen LogP contribution in [-0.4, -0.2) is 23.7 Å². The molecule has 1 unspecified atom stereocenters. The van der Waals surface area contributed by atoms with Crippen molar-refractivity contribution < 1.29 is 9.90 Å². The summed E-state index contributed by atoms with van der Waals surface area (Å²) in [6.45, 7) is 0.260. The Balaban J connectivity index is 1.70. The van der Waals surface area contributed by atoms with E-state index in [0.29, 0.717) is 24.3 Å². The minimum Gasteiger partial charge on any atom is -0.391 e. The van der Waals surface area contributed by atoms with Crippen LogP contribution in [0.4, 0.5) is 0 Å². The maximum Gasteiger partial charge on any atom is 0.220 e. The van der Waals surface area contributed by atoms with Gasteiger partial charge in [0.25, 0.3) is 0 Å². The largest absolute Gasteiger partial charge is 0.391 e. The van der Waals surface area contributed by atoms with E-state index < -0.39 is 6.10 Å². The lowest BCUT2D eigenvalue weighted by Crippen LogP contribution is -2.33. The molecule has 0 aliphatic rings. The van der Waals surface area contributed by atoms with Crippen LogP contribution in [0, 0.1) is 0 Å². The molecule has 0 heterocycles. The first-order chi connectivity index (χ1) is 10.6. The molecule has 4 heteroatoms. The van der Waals surface area contributed by atoms with Crippen LogP contribution in [0.3, 0.4) is 0 Å². The normalized spacial score (nSPS) is 11.9. The molecule has 2 N–H and O–H groups in total. The molecule has 2 aromatic rings. The van der Waals surface area contributed by atoms with Gasteiger partial charge in [0.2, 0.25) is 5.91 Å². The molecule has 0 aromatic heterocycles. The predicted octanol–water partition coefficient (Wildman–Crippen LogP) is 2.99. The number of rotatable bonds is 7. The zero-order valence-corrected chi connectivity index (χ0v) is 13.1. The second kappa shape index (κ2) is 8.57. The van der Waals surface area contributed by atoms with Gasteiger partial charge in [0.15, 0.2) is 0 Å². The molecule has 0 aliphatic carbocycles. The Morgan fingerprint density at radius 1 is 1.09 bits per heavy atom. The van der Waals surface area contributed by atoms with Crippen LogP contribution >= 0.6 is 11.6 Å². The van der Waals surface area contributed by atoms with Crippen LogP contribution in [0.1, 0.15) is 17.5 Å². The Morgan fingerprint density at radius 3 is 2.50 bits per heavy atom. The molecule has 2 rings (SSSR count). The van der Waals surface area contributed by atoms with Crippen molar-refractivity contribution in [2.24, 2.45) is 0 Å². The van der Waals surface area contributed by atoms with E-state index in [1.807, 2.05) is 54.6 Å². The van der Waals surface area contributed by atoms with Gasteiger partial charge in [0, 0.05) is 24.4 Å². The number of aliphatic hydroxyl groups excluding tert-OH is 1. The fourth-order valence-electron chi connectivity index (χ4n) is 2.23. The van der Waals surface area contributed by atoms with Crippen molar-refractivity contribution in [1.29, 1.82) is 0 Å². The van der Waals surface area contributed by atoms with Gasteiger partial charge in [-0.3, -0.25) is 4.79 Å². The highest BCUT2D eigenvalue weighted by atomic mass is 35.5. The standard InChI is InChI=1S/C18H20ClNO2/c19-17-9-5-4-8-15(17)10-11-18(22)20-13-16(21)12-14-6-2-1-3-7-14/h1-9,16,21H,10-13H2,(H,20,22). The topological polar surface area (TPSA) is 49.3 Å². The molecule has 2 aromatic carbocycles. The fraction of sp³-hybridized carbons (Fsp3) is 0.278. The minimum atomic E-state index is -0.577. The van der Waals surface area contributed by atoms with Crippen molar-refractivity contribution in [3.63, 3.8) is 0 Å². The molecule has 1 amide bonds. The zero-order valence-electron chi connectivity index (χ0n) is 12.3. The molecule has 0 aliphatic heterocycles. The van der Waals surface area contributed by atoms with Crippen LogP contribution in [0.5, 0.6) is 0 Å². The van der Waals surface area contributed by atoms with Crippen molar-refractivity contribution in [1.82, 2.24) is 5.32 Å². The molecule has 3 nitrogen and oxygen atoms in total. The lowest BCUT2D eigenvalue weighted by Gasteiger charge is -2.12. The quantitative estimate of drug-likeness (QED) is 0.825. The number of halogens is 1.